The van der Waals surface area contributed by atoms with Crippen LogP contribution in [-0.2, 0) is 9.47 Å². The maximum Gasteiger partial charge on any atom is 0.509 e. The Morgan fingerprint density at radius 2 is 1.17 bits per heavy atom. The number of carbonyl (C=O) groups is 1. The molecule has 6 atom stereocenters. The first-order valence-electron chi connectivity index (χ1n) is 12.2. The van der Waals surface area contributed by atoms with Crippen LogP contribution >= 0.6 is 0 Å². The van der Waals surface area contributed by atoms with Gasteiger partial charge in [0.25, 0.3) is 0 Å². The van der Waals surface area contributed by atoms with E-state index in [1.54, 1.807) is 0 Å². The standard InChI is InChI=1S/C25H46O5/c1-17(2)21-9-7-19(5)15-24(21,11-13-26)29-23(28)30-25(12-14-27)16-20(6)8-10-22(25)18(3)4/h17-22,26-27H,7-16H2,1-6H3. The molecular formula is C25H46O5. The van der Waals surface area contributed by atoms with Crippen molar-refractivity contribution in [2.45, 2.75) is 104 Å². The Balaban J connectivity index is 2.29. The molecule has 6 unspecified atom stereocenters. The van der Waals surface area contributed by atoms with Gasteiger partial charge in [-0.15, -0.1) is 0 Å². The molecule has 2 rings (SSSR count). The van der Waals surface area contributed by atoms with Crippen LogP contribution in [0, 0.1) is 35.5 Å². The number of carbonyl (C=O) groups excluding carboxylic acids is 1. The van der Waals surface area contributed by atoms with Crippen LogP contribution in [0.25, 0.3) is 0 Å². The van der Waals surface area contributed by atoms with Crippen molar-refractivity contribution in [3.05, 3.63) is 0 Å². The van der Waals surface area contributed by atoms with Crippen LogP contribution in [-0.4, -0.2) is 40.8 Å². The molecule has 2 aliphatic carbocycles. The third-order valence-corrected chi connectivity index (χ3v) is 7.93. The van der Waals surface area contributed by atoms with Crippen molar-refractivity contribution in [3.63, 3.8) is 0 Å². The van der Waals surface area contributed by atoms with Gasteiger partial charge in [0, 0.05) is 37.9 Å². The Morgan fingerprint density at radius 1 is 0.800 bits per heavy atom. The second-order valence-corrected chi connectivity index (χ2v) is 11.0. The van der Waals surface area contributed by atoms with E-state index in [0.717, 1.165) is 38.5 Å². The fraction of sp³-hybridized carbons (Fsp3) is 0.960. The van der Waals surface area contributed by atoms with E-state index >= 15 is 0 Å². The highest BCUT2D eigenvalue weighted by Gasteiger charge is 2.51. The number of aliphatic hydroxyl groups is 2. The molecule has 0 spiro atoms. The lowest BCUT2D eigenvalue weighted by atomic mass is 9.65. The molecule has 0 heterocycles. The molecule has 0 aliphatic heterocycles. The summed E-state index contributed by atoms with van der Waals surface area (Å²) in [7, 11) is 0. The van der Waals surface area contributed by atoms with Gasteiger partial charge >= 0.3 is 6.16 Å². The Morgan fingerprint density at radius 3 is 1.47 bits per heavy atom. The van der Waals surface area contributed by atoms with Crippen molar-refractivity contribution in [2.24, 2.45) is 35.5 Å². The highest BCUT2D eigenvalue weighted by molar-refractivity contribution is 5.61. The Bertz CT molecular complexity index is 502. The van der Waals surface area contributed by atoms with Crippen molar-refractivity contribution in [1.82, 2.24) is 0 Å². The van der Waals surface area contributed by atoms with Gasteiger partial charge in [-0.3, -0.25) is 0 Å². The molecule has 5 heteroatoms. The maximum absolute atomic E-state index is 13.3. The van der Waals surface area contributed by atoms with Crippen molar-refractivity contribution in [2.75, 3.05) is 13.2 Å². The number of hydrogen-bond acceptors (Lipinski definition) is 5. The van der Waals surface area contributed by atoms with Crippen molar-refractivity contribution >= 4 is 6.16 Å². The second-order valence-electron chi connectivity index (χ2n) is 11.0. The SMILES string of the molecule is CC1CCC(C(C)C)C(CCO)(OC(=O)OC2(CCO)CC(C)CCC2C(C)C)C1. The zero-order chi connectivity index (χ0) is 22.5. The van der Waals surface area contributed by atoms with E-state index in [0.29, 0.717) is 36.5 Å². The monoisotopic (exact) mass is 426 g/mol. The number of aliphatic hydroxyl groups excluding tert-OH is 2. The summed E-state index contributed by atoms with van der Waals surface area (Å²) in [6.45, 7) is 13.1. The Kier molecular flexibility index (Phi) is 9.05. The highest BCUT2D eigenvalue weighted by atomic mass is 16.7. The lowest BCUT2D eigenvalue weighted by Crippen LogP contribution is -2.53. The molecule has 0 aromatic carbocycles. The van der Waals surface area contributed by atoms with Gasteiger partial charge in [0.15, 0.2) is 0 Å². The summed E-state index contributed by atoms with van der Waals surface area (Å²) >= 11 is 0. The molecular weight excluding hydrogens is 380 g/mol. The minimum atomic E-state index is -0.675. The van der Waals surface area contributed by atoms with E-state index in [1.807, 2.05) is 0 Å². The van der Waals surface area contributed by atoms with E-state index in [1.165, 1.54) is 0 Å². The Hall–Kier alpha value is -0.810. The molecule has 2 N–H and O–H groups in total. The highest BCUT2D eigenvalue weighted by Crippen LogP contribution is 2.48. The third kappa shape index (κ3) is 5.70. The van der Waals surface area contributed by atoms with Crippen LogP contribution in [0.1, 0.15) is 92.9 Å². The summed E-state index contributed by atoms with van der Waals surface area (Å²) in [5.74, 6) is 2.05. The van der Waals surface area contributed by atoms with Gasteiger partial charge in [-0.05, 0) is 49.4 Å². The average Bonchev–Trinajstić information content (AvgIpc) is 2.61. The van der Waals surface area contributed by atoms with Gasteiger partial charge in [0.05, 0.1) is 0 Å². The predicted octanol–water partition coefficient (Wildman–Crippen LogP) is 5.57. The molecule has 0 aromatic rings. The lowest BCUT2D eigenvalue weighted by molar-refractivity contribution is -0.164. The molecule has 0 aromatic heterocycles. The first-order chi connectivity index (χ1) is 14.1. The van der Waals surface area contributed by atoms with E-state index < -0.39 is 17.4 Å². The summed E-state index contributed by atoms with van der Waals surface area (Å²) < 4.78 is 12.4. The predicted molar refractivity (Wildman–Crippen MR) is 119 cm³/mol. The minimum Gasteiger partial charge on any atom is -0.427 e. The summed E-state index contributed by atoms with van der Waals surface area (Å²) in [6, 6.07) is 0. The normalized spacial score (nSPS) is 37.4. The fourth-order valence-corrected chi connectivity index (χ4v) is 6.67. The fourth-order valence-electron chi connectivity index (χ4n) is 6.67. The summed E-state index contributed by atoms with van der Waals surface area (Å²) in [5, 5.41) is 19.6. The van der Waals surface area contributed by atoms with E-state index in [2.05, 4.69) is 41.5 Å². The third-order valence-electron chi connectivity index (χ3n) is 7.93. The van der Waals surface area contributed by atoms with Crippen molar-refractivity contribution < 1.29 is 24.5 Å². The van der Waals surface area contributed by atoms with E-state index in [4.69, 9.17) is 9.47 Å². The van der Waals surface area contributed by atoms with Crippen LogP contribution in [0.5, 0.6) is 0 Å². The molecule has 0 saturated heterocycles. The quantitative estimate of drug-likeness (QED) is 0.497. The zero-order valence-corrected chi connectivity index (χ0v) is 20.2. The van der Waals surface area contributed by atoms with E-state index in [-0.39, 0.29) is 25.0 Å². The summed E-state index contributed by atoms with van der Waals surface area (Å²) in [5.41, 5.74) is -1.35. The molecule has 5 nitrogen and oxygen atoms in total. The molecule has 2 saturated carbocycles. The Labute approximate surface area is 183 Å². The van der Waals surface area contributed by atoms with Crippen molar-refractivity contribution in [1.29, 1.82) is 0 Å². The molecule has 0 bridgehead atoms. The zero-order valence-electron chi connectivity index (χ0n) is 20.2. The first-order valence-corrected chi connectivity index (χ1v) is 12.2. The minimum absolute atomic E-state index is 0.00332. The molecule has 2 fully saturated rings. The van der Waals surface area contributed by atoms with Crippen molar-refractivity contribution in [3.8, 4) is 0 Å². The number of ether oxygens (including phenoxy) is 2. The molecule has 176 valence electrons. The van der Waals surface area contributed by atoms with Gasteiger partial charge in [-0.25, -0.2) is 4.79 Å². The lowest BCUT2D eigenvalue weighted by Gasteiger charge is -2.49. The van der Waals surface area contributed by atoms with Gasteiger partial charge < -0.3 is 19.7 Å². The molecule has 0 amide bonds. The first kappa shape index (κ1) is 25.5. The van der Waals surface area contributed by atoms with Gasteiger partial charge in [0.2, 0.25) is 0 Å². The summed E-state index contributed by atoms with van der Waals surface area (Å²) in [4.78, 5) is 13.3. The van der Waals surface area contributed by atoms with Crippen LogP contribution in [0.3, 0.4) is 0 Å². The average molecular weight is 427 g/mol. The van der Waals surface area contributed by atoms with Crippen LogP contribution in [0.4, 0.5) is 4.79 Å². The van der Waals surface area contributed by atoms with Gasteiger partial charge in [-0.1, -0.05) is 54.4 Å². The molecule has 2 aliphatic rings. The topological polar surface area (TPSA) is 76.0 Å². The summed E-state index contributed by atoms with van der Waals surface area (Å²) in [6.07, 6.45) is 6.06. The van der Waals surface area contributed by atoms with Crippen LogP contribution < -0.4 is 0 Å². The molecule has 30 heavy (non-hydrogen) atoms. The van der Waals surface area contributed by atoms with Crippen LogP contribution in [0.2, 0.25) is 0 Å². The van der Waals surface area contributed by atoms with Gasteiger partial charge in [0.1, 0.15) is 11.2 Å². The van der Waals surface area contributed by atoms with Crippen LogP contribution in [0.15, 0.2) is 0 Å². The number of hydrogen-bond donors (Lipinski definition) is 2. The maximum atomic E-state index is 13.3. The smallest absolute Gasteiger partial charge is 0.427 e. The van der Waals surface area contributed by atoms with Gasteiger partial charge in [-0.2, -0.15) is 0 Å². The second kappa shape index (κ2) is 10.7. The molecule has 0 radical (unpaired) electrons. The largest absolute Gasteiger partial charge is 0.509 e. The number of rotatable bonds is 8. The van der Waals surface area contributed by atoms with E-state index in [9.17, 15) is 15.0 Å².